The van der Waals surface area contributed by atoms with E-state index >= 15 is 0 Å². The maximum Gasteiger partial charge on any atom is 0.310 e. The Morgan fingerprint density at radius 3 is 2.43 bits per heavy atom. The number of esters is 1. The lowest BCUT2D eigenvalue weighted by Crippen LogP contribution is -2.31. The fourth-order valence-electron chi connectivity index (χ4n) is 3.74. The van der Waals surface area contributed by atoms with Crippen molar-refractivity contribution in [3.8, 4) is 11.5 Å². The number of hydrogen-bond donors (Lipinski definition) is 1. The van der Waals surface area contributed by atoms with Gasteiger partial charge in [-0.15, -0.1) is 0 Å². The van der Waals surface area contributed by atoms with E-state index in [1.54, 1.807) is 25.3 Å². The molecule has 0 radical (unpaired) electrons. The molecule has 0 fully saturated rings. The van der Waals surface area contributed by atoms with Crippen LogP contribution in [0.15, 0.2) is 36.4 Å². The molecule has 1 atom stereocenters. The second-order valence-corrected chi connectivity index (χ2v) is 7.55. The molecule has 1 amide bonds. The van der Waals surface area contributed by atoms with Gasteiger partial charge < -0.3 is 19.5 Å². The number of carbonyl (C=O) groups is 2. The molecule has 0 saturated heterocycles. The van der Waals surface area contributed by atoms with Gasteiger partial charge in [0.2, 0.25) is 0 Å². The smallest absolute Gasteiger partial charge is 0.310 e. The molecule has 2 aromatic rings. The Morgan fingerprint density at radius 2 is 1.70 bits per heavy atom. The van der Waals surface area contributed by atoms with Gasteiger partial charge in [0.1, 0.15) is 0 Å². The standard InChI is InChI=1S/C24H29NO5/c1-16(19-10-9-18-6-4-5-7-20(18)14-19)25-23(26)15-30-24(27)13-17-8-11-21(28-2)22(12-17)29-3/h8-12,14,16H,4-7,13,15H2,1-3H3,(H,25,26)/t16-/m1/s1. The van der Waals surface area contributed by atoms with Crippen molar-refractivity contribution in [2.45, 2.75) is 45.1 Å². The summed E-state index contributed by atoms with van der Waals surface area (Å²) in [4.78, 5) is 24.3. The Kier molecular flexibility index (Phi) is 7.33. The van der Waals surface area contributed by atoms with E-state index in [2.05, 4.69) is 23.5 Å². The maximum atomic E-state index is 12.2. The van der Waals surface area contributed by atoms with Crippen LogP contribution in [0.25, 0.3) is 0 Å². The van der Waals surface area contributed by atoms with Crippen LogP contribution in [0.5, 0.6) is 11.5 Å². The molecule has 6 nitrogen and oxygen atoms in total. The van der Waals surface area contributed by atoms with E-state index in [0.717, 1.165) is 24.0 Å². The molecular formula is C24H29NO5. The van der Waals surface area contributed by atoms with Crippen LogP contribution in [0.2, 0.25) is 0 Å². The molecule has 0 aromatic heterocycles. The molecule has 0 unspecified atom stereocenters. The number of hydrogen-bond acceptors (Lipinski definition) is 5. The van der Waals surface area contributed by atoms with E-state index in [1.807, 2.05) is 6.92 Å². The Bertz CT molecular complexity index is 908. The average molecular weight is 411 g/mol. The van der Waals surface area contributed by atoms with Gasteiger partial charge in [-0.2, -0.15) is 0 Å². The highest BCUT2D eigenvalue weighted by Crippen LogP contribution is 2.28. The highest BCUT2D eigenvalue weighted by molar-refractivity contribution is 5.81. The highest BCUT2D eigenvalue weighted by Gasteiger charge is 2.16. The second-order valence-electron chi connectivity index (χ2n) is 7.55. The fraction of sp³-hybridized carbons (Fsp3) is 0.417. The van der Waals surface area contributed by atoms with Gasteiger partial charge in [-0.05, 0) is 67.0 Å². The zero-order chi connectivity index (χ0) is 21.5. The van der Waals surface area contributed by atoms with Crippen LogP contribution in [0.3, 0.4) is 0 Å². The van der Waals surface area contributed by atoms with Crippen molar-refractivity contribution in [1.29, 1.82) is 0 Å². The van der Waals surface area contributed by atoms with Crippen LogP contribution >= 0.6 is 0 Å². The topological polar surface area (TPSA) is 73.9 Å². The Labute approximate surface area is 177 Å². The molecule has 0 bridgehead atoms. The minimum atomic E-state index is -0.473. The number of nitrogens with one attached hydrogen (secondary N) is 1. The first kappa shape index (κ1) is 21.7. The van der Waals surface area contributed by atoms with E-state index in [-0.39, 0.29) is 25.0 Å². The summed E-state index contributed by atoms with van der Waals surface area (Å²) in [6.45, 7) is 1.63. The molecule has 160 valence electrons. The lowest BCUT2D eigenvalue weighted by Gasteiger charge is -2.20. The van der Waals surface area contributed by atoms with Crippen molar-refractivity contribution in [3.05, 3.63) is 58.7 Å². The Hall–Kier alpha value is -3.02. The summed E-state index contributed by atoms with van der Waals surface area (Å²) in [6.07, 6.45) is 4.73. The molecule has 1 N–H and O–H groups in total. The van der Waals surface area contributed by atoms with Gasteiger partial charge in [-0.3, -0.25) is 9.59 Å². The van der Waals surface area contributed by atoms with E-state index in [0.29, 0.717) is 11.5 Å². The molecule has 0 saturated carbocycles. The fourth-order valence-corrected chi connectivity index (χ4v) is 3.74. The number of rotatable bonds is 8. The van der Waals surface area contributed by atoms with Crippen LogP contribution in [0.1, 0.15) is 48.1 Å². The predicted molar refractivity (Wildman–Crippen MR) is 114 cm³/mol. The van der Waals surface area contributed by atoms with Crippen LogP contribution in [0.4, 0.5) is 0 Å². The lowest BCUT2D eigenvalue weighted by atomic mass is 9.89. The summed E-state index contributed by atoms with van der Waals surface area (Å²) in [6, 6.07) is 11.5. The summed E-state index contributed by atoms with van der Waals surface area (Å²) in [5, 5.41) is 2.90. The molecule has 0 aliphatic heterocycles. The number of ether oxygens (including phenoxy) is 3. The highest BCUT2D eigenvalue weighted by atomic mass is 16.5. The monoisotopic (exact) mass is 411 g/mol. The van der Waals surface area contributed by atoms with Crippen LogP contribution in [-0.4, -0.2) is 32.7 Å². The molecule has 0 heterocycles. The third-order valence-electron chi connectivity index (χ3n) is 5.41. The van der Waals surface area contributed by atoms with Gasteiger partial charge in [0.05, 0.1) is 26.7 Å². The van der Waals surface area contributed by atoms with Crippen molar-refractivity contribution in [1.82, 2.24) is 5.32 Å². The van der Waals surface area contributed by atoms with Gasteiger partial charge in [-0.1, -0.05) is 24.3 Å². The van der Waals surface area contributed by atoms with Gasteiger partial charge in [0.15, 0.2) is 18.1 Å². The van der Waals surface area contributed by atoms with Crippen molar-refractivity contribution in [2.24, 2.45) is 0 Å². The van der Waals surface area contributed by atoms with Gasteiger partial charge in [0, 0.05) is 0 Å². The molecule has 30 heavy (non-hydrogen) atoms. The van der Waals surface area contributed by atoms with E-state index < -0.39 is 5.97 Å². The summed E-state index contributed by atoms with van der Waals surface area (Å²) >= 11 is 0. The van der Waals surface area contributed by atoms with Crippen LogP contribution < -0.4 is 14.8 Å². The van der Waals surface area contributed by atoms with E-state index in [4.69, 9.17) is 14.2 Å². The largest absolute Gasteiger partial charge is 0.493 e. The molecule has 1 aliphatic rings. The Balaban J connectivity index is 1.48. The first-order valence-electron chi connectivity index (χ1n) is 10.3. The normalized spacial score (nSPS) is 13.7. The van der Waals surface area contributed by atoms with Crippen LogP contribution in [0, 0.1) is 0 Å². The minimum absolute atomic E-state index is 0.0496. The summed E-state index contributed by atoms with van der Waals surface area (Å²) in [5.41, 5.74) is 4.58. The van der Waals surface area contributed by atoms with Crippen LogP contribution in [-0.2, 0) is 33.6 Å². The molecule has 1 aliphatic carbocycles. The van der Waals surface area contributed by atoms with Crippen molar-refractivity contribution >= 4 is 11.9 Å². The average Bonchev–Trinajstić information content (AvgIpc) is 2.77. The molecule has 3 rings (SSSR count). The predicted octanol–water partition coefficient (Wildman–Crippen LogP) is 3.55. The third-order valence-corrected chi connectivity index (χ3v) is 5.41. The lowest BCUT2D eigenvalue weighted by molar-refractivity contribution is -0.148. The number of methoxy groups -OCH3 is 2. The molecule has 2 aromatic carbocycles. The second kappa shape index (κ2) is 10.1. The third kappa shape index (κ3) is 5.53. The molecule has 0 spiro atoms. The van der Waals surface area contributed by atoms with E-state index in [9.17, 15) is 9.59 Å². The minimum Gasteiger partial charge on any atom is -0.493 e. The van der Waals surface area contributed by atoms with Gasteiger partial charge in [-0.25, -0.2) is 0 Å². The van der Waals surface area contributed by atoms with Crippen molar-refractivity contribution < 1.29 is 23.8 Å². The maximum absolute atomic E-state index is 12.2. The van der Waals surface area contributed by atoms with Gasteiger partial charge in [0.25, 0.3) is 5.91 Å². The zero-order valence-corrected chi connectivity index (χ0v) is 17.8. The molecule has 6 heteroatoms. The molecular weight excluding hydrogens is 382 g/mol. The van der Waals surface area contributed by atoms with Crippen molar-refractivity contribution in [2.75, 3.05) is 20.8 Å². The van der Waals surface area contributed by atoms with Gasteiger partial charge >= 0.3 is 5.97 Å². The number of aryl methyl sites for hydroxylation is 2. The SMILES string of the molecule is COc1ccc(CC(=O)OCC(=O)N[C@H](C)c2ccc3c(c2)CCCC3)cc1OC. The first-order valence-corrected chi connectivity index (χ1v) is 10.3. The number of fused-ring (bicyclic) bond motifs is 1. The number of carbonyl (C=O) groups excluding carboxylic acids is 2. The quantitative estimate of drug-likeness (QED) is 0.673. The van der Waals surface area contributed by atoms with Crippen molar-refractivity contribution in [3.63, 3.8) is 0 Å². The number of amides is 1. The number of benzene rings is 2. The summed E-state index contributed by atoms with van der Waals surface area (Å²) in [5.74, 6) is 0.337. The zero-order valence-electron chi connectivity index (χ0n) is 17.8. The van der Waals surface area contributed by atoms with E-state index in [1.165, 1.54) is 31.1 Å². The summed E-state index contributed by atoms with van der Waals surface area (Å²) in [7, 11) is 3.09. The first-order chi connectivity index (χ1) is 14.5. The summed E-state index contributed by atoms with van der Waals surface area (Å²) < 4.78 is 15.6. The Morgan fingerprint density at radius 1 is 0.967 bits per heavy atom.